The Balaban J connectivity index is 2.09. The predicted octanol–water partition coefficient (Wildman–Crippen LogP) is 2.59. The summed E-state index contributed by atoms with van der Waals surface area (Å²) in [5, 5.41) is 3.17. The average Bonchev–Trinajstić information content (AvgIpc) is 2.60. The molecular weight excluding hydrogens is 292 g/mol. The first-order valence-electron chi connectivity index (χ1n) is 7.68. The molecule has 0 saturated heterocycles. The number of aromatic nitrogens is 2. The number of anilines is 2. The van der Waals surface area contributed by atoms with Crippen LogP contribution < -0.4 is 10.2 Å². The van der Waals surface area contributed by atoms with Crippen LogP contribution in [0.15, 0.2) is 42.7 Å². The molecule has 0 spiro atoms. The zero-order valence-electron chi connectivity index (χ0n) is 13.5. The van der Waals surface area contributed by atoms with Crippen LogP contribution in [-0.4, -0.2) is 42.7 Å². The molecule has 0 aliphatic rings. The minimum atomic E-state index is -0.138. The van der Waals surface area contributed by atoms with Crippen LogP contribution in [0.4, 0.5) is 11.5 Å². The Morgan fingerprint density at radius 1 is 1.26 bits per heavy atom. The molecule has 2 rings (SSSR count). The number of nitrogens with zero attached hydrogens (tertiary/aromatic N) is 3. The lowest BCUT2D eigenvalue weighted by Gasteiger charge is -2.20. The Kier molecular flexibility index (Phi) is 6.50. The summed E-state index contributed by atoms with van der Waals surface area (Å²) in [6.45, 7) is 3.93. The number of ether oxygens (including phenoxy) is 1. The molecular formula is C17H22N4O2. The molecule has 1 N–H and O–H groups in total. The lowest BCUT2D eigenvalue weighted by molar-refractivity contribution is 0.0983. The Labute approximate surface area is 136 Å². The average molecular weight is 314 g/mol. The first-order chi connectivity index (χ1) is 11.3. The van der Waals surface area contributed by atoms with Crippen molar-refractivity contribution in [2.24, 2.45) is 0 Å². The van der Waals surface area contributed by atoms with Crippen molar-refractivity contribution in [1.29, 1.82) is 0 Å². The minimum Gasteiger partial charge on any atom is -0.385 e. The highest BCUT2D eigenvalue weighted by atomic mass is 16.5. The molecule has 0 bridgehead atoms. The van der Waals surface area contributed by atoms with E-state index < -0.39 is 0 Å². The van der Waals surface area contributed by atoms with E-state index in [2.05, 4.69) is 15.3 Å². The van der Waals surface area contributed by atoms with Gasteiger partial charge in [0.1, 0.15) is 17.8 Å². The highest BCUT2D eigenvalue weighted by Crippen LogP contribution is 2.16. The topological polar surface area (TPSA) is 67.4 Å². The van der Waals surface area contributed by atoms with Gasteiger partial charge in [-0.2, -0.15) is 0 Å². The largest absolute Gasteiger partial charge is 0.385 e. The zero-order chi connectivity index (χ0) is 16.5. The quantitative estimate of drug-likeness (QED) is 0.759. The van der Waals surface area contributed by atoms with Crippen LogP contribution >= 0.6 is 0 Å². The van der Waals surface area contributed by atoms with E-state index in [1.165, 1.54) is 6.33 Å². The Morgan fingerprint density at radius 3 is 2.74 bits per heavy atom. The summed E-state index contributed by atoms with van der Waals surface area (Å²) in [5.74, 6) is 0.504. The standard InChI is InChI=1S/C17H22N4O2/c1-3-21(14-8-5-4-6-9-14)17(22)15-12-16(20-13-19-15)18-10-7-11-23-2/h4-6,8-9,12-13H,3,7,10-11H2,1-2H3,(H,18,19,20). The second-order valence-corrected chi connectivity index (χ2v) is 4.95. The fourth-order valence-electron chi connectivity index (χ4n) is 2.19. The van der Waals surface area contributed by atoms with E-state index in [-0.39, 0.29) is 5.91 Å². The number of rotatable bonds is 8. The van der Waals surface area contributed by atoms with Gasteiger partial charge in [-0.05, 0) is 25.5 Å². The summed E-state index contributed by atoms with van der Waals surface area (Å²) in [7, 11) is 1.67. The third-order valence-corrected chi connectivity index (χ3v) is 3.35. The third kappa shape index (κ3) is 4.75. The maximum atomic E-state index is 12.7. The van der Waals surface area contributed by atoms with Gasteiger partial charge < -0.3 is 15.0 Å². The maximum absolute atomic E-state index is 12.7. The molecule has 1 aromatic carbocycles. The number of carbonyl (C=O) groups excluding carboxylic acids is 1. The molecule has 0 aliphatic heterocycles. The Hall–Kier alpha value is -2.47. The lowest BCUT2D eigenvalue weighted by atomic mass is 10.2. The molecule has 23 heavy (non-hydrogen) atoms. The normalized spacial score (nSPS) is 10.3. The van der Waals surface area contributed by atoms with E-state index in [4.69, 9.17) is 4.74 Å². The fraction of sp³-hybridized carbons (Fsp3) is 0.353. The van der Waals surface area contributed by atoms with Gasteiger partial charge in [0.15, 0.2) is 0 Å². The molecule has 1 aromatic heterocycles. The first kappa shape index (κ1) is 16.9. The summed E-state index contributed by atoms with van der Waals surface area (Å²) in [5.41, 5.74) is 1.23. The number of amides is 1. The lowest BCUT2D eigenvalue weighted by Crippen LogP contribution is -2.31. The molecule has 6 nitrogen and oxygen atoms in total. The van der Waals surface area contributed by atoms with E-state index >= 15 is 0 Å². The van der Waals surface area contributed by atoms with Crippen LogP contribution in [0.2, 0.25) is 0 Å². The van der Waals surface area contributed by atoms with Gasteiger partial charge in [0.25, 0.3) is 5.91 Å². The van der Waals surface area contributed by atoms with Crippen molar-refractivity contribution in [2.45, 2.75) is 13.3 Å². The fourth-order valence-corrected chi connectivity index (χ4v) is 2.19. The number of para-hydroxylation sites is 1. The van der Waals surface area contributed by atoms with Gasteiger partial charge in [0.2, 0.25) is 0 Å². The molecule has 0 atom stereocenters. The first-order valence-corrected chi connectivity index (χ1v) is 7.68. The highest BCUT2D eigenvalue weighted by molar-refractivity contribution is 6.05. The highest BCUT2D eigenvalue weighted by Gasteiger charge is 2.17. The van der Waals surface area contributed by atoms with Crippen molar-refractivity contribution >= 4 is 17.4 Å². The Morgan fingerprint density at radius 2 is 2.04 bits per heavy atom. The van der Waals surface area contributed by atoms with Crippen LogP contribution in [0.25, 0.3) is 0 Å². The van der Waals surface area contributed by atoms with Crippen molar-refractivity contribution in [1.82, 2.24) is 9.97 Å². The second-order valence-electron chi connectivity index (χ2n) is 4.95. The van der Waals surface area contributed by atoms with Crippen LogP contribution in [0.5, 0.6) is 0 Å². The number of benzene rings is 1. The van der Waals surface area contributed by atoms with Crippen molar-refractivity contribution in [3.8, 4) is 0 Å². The molecule has 0 unspecified atom stereocenters. The summed E-state index contributed by atoms with van der Waals surface area (Å²) >= 11 is 0. The monoisotopic (exact) mass is 314 g/mol. The van der Waals surface area contributed by atoms with Gasteiger partial charge in [-0.1, -0.05) is 18.2 Å². The summed E-state index contributed by atoms with van der Waals surface area (Å²) in [4.78, 5) is 22.6. The minimum absolute atomic E-state index is 0.138. The van der Waals surface area contributed by atoms with E-state index in [0.717, 1.165) is 18.7 Å². The molecule has 0 fully saturated rings. The summed E-state index contributed by atoms with van der Waals surface area (Å²) < 4.78 is 5.00. The SMILES string of the molecule is CCN(C(=O)c1cc(NCCCOC)ncn1)c1ccccc1. The summed E-state index contributed by atoms with van der Waals surface area (Å²) in [6.07, 6.45) is 2.28. The van der Waals surface area contributed by atoms with Crippen LogP contribution in [-0.2, 0) is 4.74 Å². The molecule has 6 heteroatoms. The van der Waals surface area contributed by atoms with E-state index in [0.29, 0.717) is 24.7 Å². The van der Waals surface area contributed by atoms with Gasteiger partial charge in [-0.15, -0.1) is 0 Å². The van der Waals surface area contributed by atoms with Crippen molar-refractivity contribution in [3.63, 3.8) is 0 Å². The molecule has 2 aromatic rings. The summed E-state index contributed by atoms with van der Waals surface area (Å²) in [6, 6.07) is 11.2. The molecule has 0 aliphatic carbocycles. The third-order valence-electron chi connectivity index (χ3n) is 3.35. The van der Waals surface area contributed by atoms with Crippen LogP contribution in [0, 0.1) is 0 Å². The van der Waals surface area contributed by atoms with E-state index in [1.807, 2.05) is 37.3 Å². The smallest absolute Gasteiger partial charge is 0.277 e. The number of hydrogen-bond acceptors (Lipinski definition) is 5. The van der Waals surface area contributed by atoms with Gasteiger partial charge in [-0.3, -0.25) is 4.79 Å². The molecule has 0 radical (unpaired) electrons. The van der Waals surface area contributed by atoms with Gasteiger partial charge >= 0.3 is 0 Å². The molecule has 122 valence electrons. The Bertz CT molecular complexity index is 619. The van der Waals surface area contributed by atoms with Crippen LogP contribution in [0.3, 0.4) is 0 Å². The zero-order valence-corrected chi connectivity index (χ0v) is 13.5. The number of hydrogen-bond donors (Lipinski definition) is 1. The van der Waals surface area contributed by atoms with Gasteiger partial charge in [-0.25, -0.2) is 9.97 Å². The predicted molar refractivity (Wildman–Crippen MR) is 90.8 cm³/mol. The van der Waals surface area contributed by atoms with E-state index in [1.54, 1.807) is 18.1 Å². The van der Waals surface area contributed by atoms with Gasteiger partial charge in [0, 0.05) is 38.6 Å². The number of carbonyl (C=O) groups is 1. The van der Waals surface area contributed by atoms with Gasteiger partial charge in [0.05, 0.1) is 0 Å². The van der Waals surface area contributed by atoms with Crippen molar-refractivity contribution in [2.75, 3.05) is 37.0 Å². The second kappa shape index (κ2) is 8.85. The molecule has 1 heterocycles. The van der Waals surface area contributed by atoms with Crippen molar-refractivity contribution < 1.29 is 9.53 Å². The van der Waals surface area contributed by atoms with Crippen LogP contribution in [0.1, 0.15) is 23.8 Å². The molecule has 1 amide bonds. The maximum Gasteiger partial charge on any atom is 0.277 e. The number of nitrogens with one attached hydrogen (secondary N) is 1. The van der Waals surface area contributed by atoms with E-state index in [9.17, 15) is 4.79 Å². The van der Waals surface area contributed by atoms with Crippen molar-refractivity contribution in [3.05, 3.63) is 48.4 Å². The molecule has 0 saturated carbocycles. The number of methoxy groups -OCH3 is 1.